The number of likely N-dealkylation sites (N-methyl/N-ethyl adjacent to an activating group) is 1. The average Bonchev–Trinajstić information content (AvgIpc) is 3.33. The molecule has 0 spiro atoms. The van der Waals surface area contributed by atoms with E-state index in [0.717, 1.165) is 26.7 Å². The van der Waals surface area contributed by atoms with Gasteiger partial charge in [-0.25, -0.2) is 0 Å². The summed E-state index contributed by atoms with van der Waals surface area (Å²) in [5, 5.41) is 15.2. The Morgan fingerprint density at radius 1 is 1.00 bits per heavy atom. The Hall–Kier alpha value is -4.21. The second kappa shape index (κ2) is 10.9. The van der Waals surface area contributed by atoms with E-state index in [1.165, 1.54) is 29.0 Å². The third-order valence-corrected chi connectivity index (χ3v) is 9.41. The van der Waals surface area contributed by atoms with Gasteiger partial charge in [-0.15, -0.1) is 0 Å². The van der Waals surface area contributed by atoms with Crippen molar-refractivity contribution in [3.63, 3.8) is 0 Å². The Balaban J connectivity index is 1.36. The van der Waals surface area contributed by atoms with Crippen LogP contribution in [-0.2, 0) is 0 Å². The molecule has 0 amide bonds. The number of thiocarbonyl (C=S) groups is 1. The van der Waals surface area contributed by atoms with Crippen LogP contribution in [-0.4, -0.2) is 27.6 Å². The van der Waals surface area contributed by atoms with Crippen LogP contribution in [0.15, 0.2) is 107 Å². The highest BCUT2D eigenvalue weighted by Crippen LogP contribution is 2.45. The van der Waals surface area contributed by atoms with Crippen LogP contribution in [0.25, 0.3) is 5.57 Å². The van der Waals surface area contributed by atoms with Gasteiger partial charge < -0.3 is 15.1 Å². The van der Waals surface area contributed by atoms with Crippen molar-refractivity contribution >= 4 is 51.7 Å². The standard InChI is InChI=1S/C33H31N5O2S2/c1-21-20-33(2,3)36(4)29-17-8-22(19-27(21)29)31-30(28-7-5-6-18-34-28)35-32(41)37(31)23-9-13-25(14-10-23)42-26-15-11-24(12-16-26)38(39)40/h5-20,30-31H,1-4H3,(H,35,41)/t30-,31+/m0/s1. The number of rotatable bonds is 6. The van der Waals surface area contributed by atoms with Gasteiger partial charge in [-0.1, -0.05) is 30.0 Å². The zero-order chi connectivity index (χ0) is 29.6. The number of nitro benzene ring substituents is 1. The van der Waals surface area contributed by atoms with Crippen molar-refractivity contribution in [3.8, 4) is 0 Å². The molecule has 2 aliphatic heterocycles. The third kappa shape index (κ3) is 5.14. The van der Waals surface area contributed by atoms with E-state index in [1.54, 1.807) is 23.9 Å². The molecule has 3 heterocycles. The first-order valence-corrected chi connectivity index (χ1v) is 15.0. The lowest BCUT2D eigenvalue weighted by atomic mass is 9.86. The van der Waals surface area contributed by atoms with E-state index >= 15 is 0 Å². The molecule has 4 aromatic rings. The fourth-order valence-electron chi connectivity index (χ4n) is 5.78. The Morgan fingerprint density at radius 3 is 2.33 bits per heavy atom. The van der Waals surface area contributed by atoms with Crippen molar-refractivity contribution in [1.29, 1.82) is 0 Å². The number of fused-ring (bicyclic) bond motifs is 1. The molecule has 7 nitrogen and oxygen atoms in total. The average molecular weight is 594 g/mol. The van der Waals surface area contributed by atoms with Crippen LogP contribution in [0.3, 0.4) is 0 Å². The Bertz CT molecular complexity index is 1690. The van der Waals surface area contributed by atoms with Crippen LogP contribution in [0.2, 0.25) is 0 Å². The summed E-state index contributed by atoms with van der Waals surface area (Å²) in [4.78, 5) is 21.8. The van der Waals surface area contributed by atoms with Crippen molar-refractivity contribution in [2.45, 2.75) is 48.2 Å². The quantitative estimate of drug-likeness (QED) is 0.137. The summed E-state index contributed by atoms with van der Waals surface area (Å²) in [6.45, 7) is 6.65. The van der Waals surface area contributed by atoms with E-state index < -0.39 is 0 Å². The van der Waals surface area contributed by atoms with Gasteiger partial charge in [0, 0.05) is 52.1 Å². The molecule has 2 atom stereocenters. The first kappa shape index (κ1) is 27.9. The molecule has 1 aromatic heterocycles. The number of nitrogens with zero attached hydrogens (tertiary/aromatic N) is 4. The van der Waals surface area contributed by atoms with E-state index in [0.29, 0.717) is 5.11 Å². The molecule has 1 saturated heterocycles. The summed E-state index contributed by atoms with van der Waals surface area (Å²) in [6, 6.07) is 27.4. The van der Waals surface area contributed by atoms with Crippen LogP contribution in [0, 0.1) is 10.1 Å². The predicted molar refractivity (Wildman–Crippen MR) is 174 cm³/mol. The minimum absolute atomic E-state index is 0.0637. The smallest absolute Gasteiger partial charge is 0.269 e. The van der Waals surface area contributed by atoms with Gasteiger partial charge in [-0.05, 0) is 105 Å². The molecule has 0 saturated carbocycles. The number of aromatic nitrogens is 1. The maximum absolute atomic E-state index is 11.0. The first-order valence-electron chi connectivity index (χ1n) is 13.7. The largest absolute Gasteiger partial charge is 0.366 e. The Kier molecular flexibility index (Phi) is 7.24. The molecule has 0 aliphatic carbocycles. The van der Waals surface area contributed by atoms with Crippen molar-refractivity contribution in [2.75, 3.05) is 16.8 Å². The SMILES string of the molecule is CC1=CC(C)(C)N(C)c2ccc([C@@H]3[C@H](c4ccccn4)NC(=S)N3c3ccc(Sc4ccc([N+](=O)[O-])cc4)cc3)cc21. The van der Waals surface area contributed by atoms with E-state index in [2.05, 4.69) is 91.5 Å². The second-order valence-electron chi connectivity index (χ2n) is 11.2. The highest BCUT2D eigenvalue weighted by molar-refractivity contribution is 7.99. The molecular weight excluding hydrogens is 563 g/mol. The summed E-state index contributed by atoms with van der Waals surface area (Å²) in [6.07, 6.45) is 4.15. The first-order chi connectivity index (χ1) is 20.1. The highest BCUT2D eigenvalue weighted by atomic mass is 32.2. The van der Waals surface area contributed by atoms with E-state index in [9.17, 15) is 10.1 Å². The summed E-state index contributed by atoms with van der Waals surface area (Å²) < 4.78 is 0. The maximum Gasteiger partial charge on any atom is 0.269 e. The lowest BCUT2D eigenvalue weighted by molar-refractivity contribution is -0.384. The molecule has 42 heavy (non-hydrogen) atoms. The molecule has 1 N–H and O–H groups in total. The van der Waals surface area contributed by atoms with Gasteiger partial charge in [0.05, 0.1) is 28.2 Å². The van der Waals surface area contributed by atoms with Crippen LogP contribution in [0.1, 0.15) is 49.7 Å². The fraction of sp³-hybridized carbons (Fsp3) is 0.212. The Morgan fingerprint density at radius 2 is 1.69 bits per heavy atom. The zero-order valence-corrected chi connectivity index (χ0v) is 25.4. The third-order valence-electron chi connectivity index (χ3n) is 8.08. The number of non-ortho nitro benzene ring substituents is 1. The molecule has 1 fully saturated rings. The summed E-state index contributed by atoms with van der Waals surface area (Å²) >= 11 is 7.51. The summed E-state index contributed by atoms with van der Waals surface area (Å²) in [5.41, 5.74) is 6.78. The lowest BCUT2D eigenvalue weighted by Crippen LogP contribution is -2.42. The van der Waals surface area contributed by atoms with Crippen LogP contribution >= 0.6 is 24.0 Å². The number of anilines is 2. The van der Waals surface area contributed by atoms with Crippen LogP contribution < -0.4 is 15.1 Å². The topological polar surface area (TPSA) is 74.5 Å². The number of hydrogen-bond acceptors (Lipinski definition) is 6. The Labute approximate surface area is 255 Å². The van der Waals surface area contributed by atoms with E-state index in [4.69, 9.17) is 17.2 Å². The van der Waals surface area contributed by atoms with E-state index in [-0.39, 0.29) is 28.2 Å². The molecule has 0 bridgehead atoms. The predicted octanol–water partition coefficient (Wildman–Crippen LogP) is 7.95. The number of benzene rings is 3. The molecule has 9 heteroatoms. The molecule has 212 valence electrons. The van der Waals surface area contributed by atoms with Gasteiger partial charge in [0.2, 0.25) is 0 Å². The van der Waals surface area contributed by atoms with Crippen LogP contribution in [0.4, 0.5) is 17.1 Å². The van der Waals surface area contributed by atoms with Crippen molar-refractivity contribution in [2.24, 2.45) is 0 Å². The van der Waals surface area contributed by atoms with Gasteiger partial charge in [-0.3, -0.25) is 15.1 Å². The fourth-order valence-corrected chi connectivity index (χ4v) is 6.94. The molecule has 0 unspecified atom stereocenters. The lowest BCUT2D eigenvalue weighted by Gasteiger charge is -2.41. The normalized spacial score (nSPS) is 19.2. The molecule has 2 aliphatic rings. The zero-order valence-electron chi connectivity index (χ0n) is 23.8. The molecular formula is C33H31N5O2S2. The number of pyridine rings is 1. The van der Waals surface area contributed by atoms with Crippen molar-refractivity contribution < 1.29 is 4.92 Å². The minimum atomic E-state index is -0.385. The summed E-state index contributed by atoms with van der Waals surface area (Å²) in [5.74, 6) is 0. The highest BCUT2D eigenvalue weighted by Gasteiger charge is 2.41. The van der Waals surface area contributed by atoms with Gasteiger partial charge in [0.25, 0.3) is 5.69 Å². The van der Waals surface area contributed by atoms with Gasteiger partial charge >= 0.3 is 0 Å². The number of allylic oxidation sites excluding steroid dienone is 1. The van der Waals surface area contributed by atoms with Gasteiger partial charge in [0.1, 0.15) is 0 Å². The molecule has 6 rings (SSSR count). The molecule has 0 radical (unpaired) electrons. The number of hydrogen-bond donors (Lipinski definition) is 1. The van der Waals surface area contributed by atoms with Gasteiger partial charge in [-0.2, -0.15) is 0 Å². The van der Waals surface area contributed by atoms with E-state index in [1.807, 2.05) is 24.4 Å². The monoisotopic (exact) mass is 593 g/mol. The number of nitrogens with one attached hydrogen (secondary N) is 1. The van der Waals surface area contributed by atoms with Crippen molar-refractivity contribution in [3.05, 3.63) is 124 Å². The maximum atomic E-state index is 11.0. The van der Waals surface area contributed by atoms with Gasteiger partial charge in [0.15, 0.2) is 5.11 Å². The summed E-state index contributed by atoms with van der Waals surface area (Å²) in [7, 11) is 2.15. The number of nitro groups is 1. The molecule has 3 aromatic carbocycles. The second-order valence-corrected chi connectivity index (χ2v) is 12.7. The van der Waals surface area contributed by atoms with Crippen LogP contribution in [0.5, 0.6) is 0 Å². The minimum Gasteiger partial charge on any atom is -0.366 e. The van der Waals surface area contributed by atoms with Crippen molar-refractivity contribution in [1.82, 2.24) is 10.3 Å².